The lowest BCUT2D eigenvalue weighted by molar-refractivity contribution is 0.0204. The fourth-order valence-corrected chi connectivity index (χ4v) is 5.21. The molecule has 0 saturated carbocycles. The number of hydrogen-bond donors (Lipinski definition) is 1. The summed E-state index contributed by atoms with van der Waals surface area (Å²) in [6, 6.07) is 9.09. The van der Waals surface area contributed by atoms with Gasteiger partial charge in [-0.15, -0.1) is 0 Å². The second kappa shape index (κ2) is 11.3. The number of likely N-dealkylation sites (tertiary alicyclic amines) is 1. The number of nitrogens with zero attached hydrogens (tertiary/aromatic N) is 3. The van der Waals surface area contributed by atoms with Gasteiger partial charge in [-0.2, -0.15) is 0 Å². The molecular formula is C29H34F2N4O4. The Morgan fingerprint density at radius 2 is 1.36 bits per heavy atom. The quantitative estimate of drug-likeness (QED) is 0.310. The second-order valence-corrected chi connectivity index (χ2v) is 11.2. The van der Waals surface area contributed by atoms with E-state index in [9.17, 15) is 13.6 Å². The van der Waals surface area contributed by atoms with E-state index in [2.05, 4.69) is 15.6 Å². The van der Waals surface area contributed by atoms with Crippen molar-refractivity contribution in [3.8, 4) is 0 Å². The van der Waals surface area contributed by atoms with Gasteiger partial charge >= 0.3 is 6.09 Å². The van der Waals surface area contributed by atoms with Gasteiger partial charge in [0.2, 0.25) is 0 Å². The molecule has 2 aromatic carbocycles. The van der Waals surface area contributed by atoms with Gasteiger partial charge in [0.1, 0.15) is 17.2 Å². The number of carbonyl (C=O) groups excluding carboxylic acids is 1. The van der Waals surface area contributed by atoms with Gasteiger partial charge in [-0.25, -0.2) is 13.6 Å². The first-order valence-corrected chi connectivity index (χ1v) is 13.5. The Morgan fingerprint density at radius 1 is 0.872 bits per heavy atom. The van der Waals surface area contributed by atoms with E-state index in [4.69, 9.17) is 13.8 Å². The lowest BCUT2D eigenvalue weighted by Gasteiger charge is -2.32. The SMILES string of the molecule is CC(C)(C)OC(=O)N1CCC(c2noc3cc(F)ccc23)CC1.Fc1ccc2c(C3CCNCC3)noc2c1. The topological polar surface area (TPSA) is 93.6 Å². The van der Waals surface area contributed by atoms with E-state index in [1.54, 1.807) is 17.0 Å². The Bertz CT molecular complexity index is 1430. The molecule has 208 valence electrons. The minimum absolute atomic E-state index is 0.209. The van der Waals surface area contributed by atoms with Crippen LogP contribution >= 0.6 is 0 Å². The van der Waals surface area contributed by atoms with Gasteiger partial charge in [-0.1, -0.05) is 10.3 Å². The number of piperidine rings is 2. The van der Waals surface area contributed by atoms with Crippen molar-refractivity contribution < 1.29 is 27.4 Å². The lowest BCUT2D eigenvalue weighted by atomic mass is 9.92. The maximum atomic E-state index is 13.2. The van der Waals surface area contributed by atoms with Crippen molar-refractivity contribution in [2.24, 2.45) is 0 Å². The summed E-state index contributed by atoms with van der Waals surface area (Å²) < 4.78 is 42.0. The summed E-state index contributed by atoms with van der Waals surface area (Å²) in [5.41, 5.74) is 2.36. The number of carbonyl (C=O) groups is 1. The Balaban J connectivity index is 0.000000168. The van der Waals surface area contributed by atoms with E-state index < -0.39 is 5.60 Å². The largest absolute Gasteiger partial charge is 0.444 e. The molecule has 4 heterocycles. The maximum Gasteiger partial charge on any atom is 0.410 e. The van der Waals surface area contributed by atoms with Crippen LogP contribution in [0.4, 0.5) is 13.6 Å². The molecule has 2 saturated heterocycles. The minimum atomic E-state index is -0.486. The van der Waals surface area contributed by atoms with Gasteiger partial charge in [-0.05, 0) is 83.8 Å². The van der Waals surface area contributed by atoms with Crippen molar-refractivity contribution in [2.75, 3.05) is 26.2 Å². The molecule has 2 aliphatic rings. The molecule has 4 aromatic rings. The fourth-order valence-electron chi connectivity index (χ4n) is 5.21. The van der Waals surface area contributed by atoms with Crippen LogP contribution in [-0.2, 0) is 4.74 Å². The Kier molecular flexibility index (Phi) is 7.83. The van der Waals surface area contributed by atoms with Crippen molar-refractivity contribution in [3.63, 3.8) is 0 Å². The smallest absolute Gasteiger partial charge is 0.410 e. The maximum absolute atomic E-state index is 13.2. The third-order valence-electron chi connectivity index (χ3n) is 7.18. The fraction of sp³-hybridized carbons (Fsp3) is 0.483. The summed E-state index contributed by atoms with van der Waals surface area (Å²) in [5.74, 6) is 0.0359. The number of nitrogens with one attached hydrogen (secondary N) is 1. The van der Waals surface area contributed by atoms with Crippen molar-refractivity contribution in [2.45, 2.75) is 63.9 Å². The first-order chi connectivity index (χ1) is 18.7. The standard InChI is InChI=1S/C17H21FN2O3.C12H13FN2O/c1-17(2,3)22-16(21)20-8-6-11(7-9-20)15-13-5-4-12(18)10-14(13)23-19-15;13-9-1-2-10-11(7-9)16-15-12(10)8-3-5-14-6-4-8/h4-5,10-11H,6-9H2,1-3H3;1-2,7-8,14H,3-6H2. The van der Waals surface area contributed by atoms with Crippen molar-refractivity contribution in [3.05, 3.63) is 59.4 Å². The highest BCUT2D eigenvalue weighted by Crippen LogP contribution is 2.33. The molecule has 39 heavy (non-hydrogen) atoms. The van der Waals surface area contributed by atoms with E-state index in [1.807, 2.05) is 20.8 Å². The summed E-state index contributed by atoms with van der Waals surface area (Å²) in [5, 5.41) is 13.3. The molecule has 0 radical (unpaired) electrons. The zero-order chi connectivity index (χ0) is 27.6. The van der Waals surface area contributed by atoms with Gasteiger partial charge in [0.15, 0.2) is 11.2 Å². The molecular weight excluding hydrogens is 506 g/mol. The molecule has 1 N–H and O–H groups in total. The molecule has 6 rings (SSSR count). The van der Waals surface area contributed by atoms with Crippen LogP contribution in [0.5, 0.6) is 0 Å². The molecule has 8 nitrogen and oxygen atoms in total. The summed E-state index contributed by atoms with van der Waals surface area (Å²) in [7, 11) is 0. The molecule has 0 atom stereocenters. The number of ether oxygens (including phenoxy) is 1. The minimum Gasteiger partial charge on any atom is -0.444 e. The monoisotopic (exact) mass is 540 g/mol. The third-order valence-corrected chi connectivity index (χ3v) is 7.18. The number of halogens is 2. The van der Waals surface area contributed by atoms with Gasteiger partial charge in [0.25, 0.3) is 0 Å². The first-order valence-electron chi connectivity index (χ1n) is 13.5. The van der Waals surface area contributed by atoms with E-state index >= 15 is 0 Å². The normalized spacial score (nSPS) is 17.3. The van der Waals surface area contributed by atoms with E-state index in [-0.39, 0.29) is 23.6 Å². The number of amides is 1. The zero-order valence-electron chi connectivity index (χ0n) is 22.5. The molecule has 2 aliphatic heterocycles. The van der Waals surface area contributed by atoms with Crippen molar-refractivity contribution in [1.29, 1.82) is 0 Å². The van der Waals surface area contributed by atoms with Crippen LogP contribution in [-0.4, -0.2) is 53.1 Å². The molecule has 2 fully saturated rings. The summed E-state index contributed by atoms with van der Waals surface area (Å²) in [6.45, 7) is 8.85. The number of hydrogen-bond acceptors (Lipinski definition) is 7. The predicted molar refractivity (Wildman–Crippen MR) is 143 cm³/mol. The van der Waals surface area contributed by atoms with Gasteiger partial charge < -0.3 is 24.0 Å². The Labute approximate surface area is 225 Å². The summed E-state index contributed by atoms with van der Waals surface area (Å²) in [6.07, 6.45) is 3.44. The van der Waals surface area contributed by atoms with Crippen LogP contribution in [0.3, 0.4) is 0 Å². The molecule has 2 aromatic heterocycles. The lowest BCUT2D eigenvalue weighted by Crippen LogP contribution is -2.41. The molecule has 0 spiro atoms. The van der Waals surface area contributed by atoms with Crippen LogP contribution in [0.2, 0.25) is 0 Å². The number of rotatable bonds is 2. The second-order valence-electron chi connectivity index (χ2n) is 11.2. The Morgan fingerprint density at radius 3 is 1.85 bits per heavy atom. The predicted octanol–water partition coefficient (Wildman–Crippen LogP) is 6.52. The van der Waals surface area contributed by atoms with Gasteiger partial charge in [0, 0.05) is 47.8 Å². The average Bonchev–Trinajstić information content (AvgIpc) is 3.52. The highest BCUT2D eigenvalue weighted by molar-refractivity contribution is 5.80. The average molecular weight is 541 g/mol. The first kappa shape index (κ1) is 27.1. The highest BCUT2D eigenvalue weighted by atomic mass is 19.1. The third kappa shape index (κ3) is 6.38. The van der Waals surface area contributed by atoms with E-state index in [0.717, 1.165) is 60.9 Å². The van der Waals surface area contributed by atoms with Crippen LogP contribution in [0.1, 0.15) is 69.7 Å². The number of benzene rings is 2. The molecule has 0 aliphatic carbocycles. The zero-order valence-corrected chi connectivity index (χ0v) is 22.5. The van der Waals surface area contributed by atoms with Crippen LogP contribution in [0.25, 0.3) is 21.9 Å². The number of fused-ring (bicyclic) bond motifs is 2. The van der Waals surface area contributed by atoms with Crippen LogP contribution in [0.15, 0.2) is 45.4 Å². The van der Waals surface area contributed by atoms with Gasteiger partial charge in [0.05, 0.1) is 11.4 Å². The van der Waals surface area contributed by atoms with Crippen LogP contribution in [0, 0.1) is 11.6 Å². The number of aromatic nitrogens is 2. The van der Waals surface area contributed by atoms with E-state index in [1.165, 1.54) is 24.3 Å². The Hall–Kier alpha value is -3.53. The van der Waals surface area contributed by atoms with E-state index in [0.29, 0.717) is 30.2 Å². The summed E-state index contributed by atoms with van der Waals surface area (Å²) in [4.78, 5) is 13.8. The molecule has 0 unspecified atom stereocenters. The summed E-state index contributed by atoms with van der Waals surface area (Å²) >= 11 is 0. The molecule has 10 heteroatoms. The van der Waals surface area contributed by atoms with Crippen LogP contribution < -0.4 is 5.32 Å². The molecule has 0 bridgehead atoms. The van der Waals surface area contributed by atoms with Gasteiger partial charge in [-0.3, -0.25) is 0 Å². The highest BCUT2D eigenvalue weighted by Gasteiger charge is 2.29. The van der Waals surface area contributed by atoms with Crippen molar-refractivity contribution in [1.82, 2.24) is 20.5 Å². The van der Waals surface area contributed by atoms with Crippen molar-refractivity contribution >= 4 is 28.0 Å². The molecule has 1 amide bonds.